The predicted molar refractivity (Wildman–Crippen MR) is 73.5 cm³/mol. The highest BCUT2D eigenvalue weighted by Gasteiger charge is 2.36. The van der Waals surface area contributed by atoms with Gasteiger partial charge < -0.3 is 15.7 Å². The van der Waals surface area contributed by atoms with Crippen LogP contribution in [0, 0.1) is 12.3 Å². The fraction of sp³-hybridized carbons (Fsp3) is 0.333. The topological polar surface area (TPSA) is 83.6 Å². The van der Waals surface area contributed by atoms with Gasteiger partial charge in [0.15, 0.2) is 0 Å². The molecule has 1 aliphatic heterocycles. The lowest BCUT2D eigenvalue weighted by molar-refractivity contribution is -0.151. The van der Waals surface area contributed by atoms with Crippen molar-refractivity contribution in [2.75, 3.05) is 0 Å². The molecule has 20 heavy (non-hydrogen) atoms. The number of benzene rings is 1. The summed E-state index contributed by atoms with van der Waals surface area (Å²) >= 11 is 0. The van der Waals surface area contributed by atoms with Crippen LogP contribution in [0.15, 0.2) is 24.3 Å². The number of rotatable bonds is 3. The summed E-state index contributed by atoms with van der Waals surface area (Å²) in [6.45, 7) is 0.254. The number of fused-ring (bicyclic) bond motifs is 1. The molecule has 2 atom stereocenters. The molecule has 0 radical (unpaired) electrons. The molecular weight excluding hydrogens is 256 g/mol. The molecule has 3 N–H and O–H groups in total. The number of carboxylic acids is 1. The number of carbonyl (C=O) groups is 2. The molecule has 0 spiro atoms. The number of aliphatic carboxylic acids is 1. The van der Waals surface area contributed by atoms with E-state index in [2.05, 4.69) is 5.92 Å². The van der Waals surface area contributed by atoms with Crippen LogP contribution in [0.2, 0.25) is 0 Å². The average molecular weight is 272 g/mol. The van der Waals surface area contributed by atoms with Gasteiger partial charge in [0.25, 0.3) is 0 Å². The number of nitrogens with zero attached hydrogens (tertiary/aromatic N) is 1. The molecule has 0 bridgehead atoms. The fourth-order valence-corrected chi connectivity index (χ4v) is 2.40. The van der Waals surface area contributed by atoms with E-state index < -0.39 is 24.0 Å². The van der Waals surface area contributed by atoms with E-state index in [4.69, 9.17) is 12.2 Å². The molecule has 1 heterocycles. The quantitative estimate of drug-likeness (QED) is 0.779. The molecule has 0 aromatic heterocycles. The predicted octanol–water partition coefficient (Wildman–Crippen LogP) is 0.375. The Balaban J connectivity index is 2.29. The molecule has 1 aromatic carbocycles. The Morgan fingerprint density at radius 2 is 2.10 bits per heavy atom. The smallest absolute Gasteiger partial charge is 0.326 e. The van der Waals surface area contributed by atoms with E-state index in [1.165, 1.54) is 4.90 Å². The van der Waals surface area contributed by atoms with Crippen molar-refractivity contribution >= 4 is 11.9 Å². The number of hydrogen-bond acceptors (Lipinski definition) is 3. The summed E-state index contributed by atoms with van der Waals surface area (Å²) in [5, 5.41) is 9.32. The summed E-state index contributed by atoms with van der Waals surface area (Å²) in [7, 11) is 0. The summed E-state index contributed by atoms with van der Waals surface area (Å²) in [4.78, 5) is 25.0. The van der Waals surface area contributed by atoms with Crippen molar-refractivity contribution in [1.82, 2.24) is 4.90 Å². The minimum absolute atomic E-state index is 0.101. The van der Waals surface area contributed by atoms with Crippen LogP contribution in [-0.4, -0.2) is 34.0 Å². The van der Waals surface area contributed by atoms with Crippen LogP contribution in [-0.2, 0) is 22.6 Å². The summed E-state index contributed by atoms with van der Waals surface area (Å²) in [5.41, 5.74) is 7.62. The molecule has 0 fully saturated rings. The third-order valence-electron chi connectivity index (χ3n) is 3.47. The van der Waals surface area contributed by atoms with Crippen molar-refractivity contribution in [2.24, 2.45) is 5.73 Å². The number of amides is 1. The van der Waals surface area contributed by atoms with Gasteiger partial charge in [-0.25, -0.2) is 4.79 Å². The van der Waals surface area contributed by atoms with Gasteiger partial charge in [-0.15, -0.1) is 12.3 Å². The van der Waals surface area contributed by atoms with Crippen molar-refractivity contribution in [3.63, 3.8) is 0 Å². The van der Waals surface area contributed by atoms with Gasteiger partial charge >= 0.3 is 5.97 Å². The molecule has 0 saturated heterocycles. The van der Waals surface area contributed by atoms with E-state index in [9.17, 15) is 14.7 Å². The van der Waals surface area contributed by atoms with E-state index in [1.807, 2.05) is 24.3 Å². The zero-order valence-electron chi connectivity index (χ0n) is 11.0. The highest BCUT2D eigenvalue weighted by atomic mass is 16.4. The van der Waals surface area contributed by atoms with Crippen LogP contribution in [0.5, 0.6) is 0 Å². The molecule has 5 nitrogen and oxygen atoms in total. The van der Waals surface area contributed by atoms with Crippen LogP contribution in [0.25, 0.3) is 0 Å². The number of nitrogens with two attached hydrogens (primary N) is 1. The third-order valence-corrected chi connectivity index (χ3v) is 3.47. The highest BCUT2D eigenvalue weighted by Crippen LogP contribution is 2.24. The lowest BCUT2D eigenvalue weighted by Gasteiger charge is -2.35. The number of terminal acetylenes is 1. The van der Waals surface area contributed by atoms with Gasteiger partial charge in [-0.3, -0.25) is 4.79 Å². The zero-order chi connectivity index (χ0) is 14.7. The van der Waals surface area contributed by atoms with Crippen molar-refractivity contribution in [1.29, 1.82) is 0 Å². The average Bonchev–Trinajstić information content (AvgIpc) is 2.45. The van der Waals surface area contributed by atoms with Crippen molar-refractivity contribution in [2.45, 2.75) is 31.5 Å². The number of hydrogen-bond donors (Lipinski definition) is 2. The normalized spacial score (nSPS) is 18.8. The summed E-state index contributed by atoms with van der Waals surface area (Å²) in [6, 6.07) is 5.76. The molecule has 5 heteroatoms. The Kier molecular flexibility index (Phi) is 4.06. The molecule has 1 amide bonds. The standard InChI is InChI=1S/C15H16N2O3/c1-2-5-12(16)14(18)17-9-11-7-4-3-6-10(11)8-13(17)15(19)20/h1,3-4,6-7,12-13H,5,8-9,16H2,(H,19,20)/t12?,13-/m0/s1. The Bertz CT molecular complexity index is 577. The lowest BCUT2D eigenvalue weighted by atomic mass is 9.93. The van der Waals surface area contributed by atoms with E-state index >= 15 is 0 Å². The van der Waals surface area contributed by atoms with Gasteiger partial charge in [0.05, 0.1) is 6.04 Å². The van der Waals surface area contributed by atoms with Gasteiger partial charge in [-0.2, -0.15) is 0 Å². The molecule has 0 aliphatic carbocycles. The number of carboxylic acid groups (broad SMARTS) is 1. The Morgan fingerprint density at radius 1 is 1.45 bits per heavy atom. The van der Waals surface area contributed by atoms with Crippen LogP contribution >= 0.6 is 0 Å². The van der Waals surface area contributed by atoms with Crippen LogP contribution in [0.4, 0.5) is 0 Å². The highest BCUT2D eigenvalue weighted by molar-refractivity contribution is 5.87. The lowest BCUT2D eigenvalue weighted by Crippen LogP contribution is -2.53. The first kappa shape index (κ1) is 14.1. The van der Waals surface area contributed by atoms with Gasteiger partial charge in [0.2, 0.25) is 5.91 Å². The van der Waals surface area contributed by atoms with Crippen molar-refractivity contribution in [3.8, 4) is 12.3 Å². The van der Waals surface area contributed by atoms with Crippen LogP contribution < -0.4 is 5.73 Å². The first-order chi connectivity index (χ1) is 9.54. The largest absolute Gasteiger partial charge is 0.480 e. The summed E-state index contributed by atoms with van der Waals surface area (Å²) < 4.78 is 0. The minimum atomic E-state index is -1.03. The fourth-order valence-electron chi connectivity index (χ4n) is 2.40. The molecule has 1 unspecified atom stereocenters. The van der Waals surface area contributed by atoms with E-state index in [-0.39, 0.29) is 13.0 Å². The van der Waals surface area contributed by atoms with Gasteiger partial charge in [-0.05, 0) is 11.1 Å². The summed E-state index contributed by atoms with van der Waals surface area (Å²) in [6.07, 6.45) is 5.54. The maximum atomic E-state index is 12.3. The second kappa shape index (κ2) is 5.76. The second-order valence-electron chi connectivity index (χ2n) is 4.81. The molecular formula is C15H16N2O3. The monoisotopic (exact) mass is 272 g/mol. The molecule has 104 valence electrons. The Hall–Kier alpha value is -2.32. The Morgan fingerprint density at radius 3 is 2.70 bits per heavy atom. The zero-order valence-corrected chi connectivity index (χ0v) is 11.0. The third kappa shape index (κ3) is 2.65. The van der Waals surface area contributed by atoms with Crippen LogP contribution in [0.1, 0.15) is 17.5 Å². The van der Waals surface area contributed by atoms with E-state index in [1.54, 1.807) is 0 Å². The molecule has 1 aromatic rings. The van der Waals surface area contributed by atoms with Crippen molar-refractivity contribution in [3.05, 3.63) is 35.4 Å². The molecule has 1 aliphatic rings. The molecule has 2 rings (SSSR count). The SMILES string of the molecule is C#CCC(N)C(=O)N1Cc2ccccc2C[C@H]1C(=O)O. The van der Waals surface area contributed by atoms with Gasteiger partial charge in [0.1, 0.15) is 6.04 Å². The maximum absolute atomic E-state index is 12.3. The van der Waals surface area contributed by atoms with Gasteiger partial charge in [0, 0.05) is 19.4 Å². The van der Waals surface area contributed by atoms with Crippen LogP contribution in [0.3, 0.4) is 0 Å². The van der Waals surface area contributed by atoms with Crippen molar-refractivity contribution < 1.29 is 14.7 Å². The first-order valence-electron chi connectivity index (χ1n) is 6.33. The summed E-state index contributed by atoms with van der Waals surface area (Å²) in [5.74, 6) is 0.892. The minimum Gasteiger partial charge on any atom is -0.480 e. The first-order valence-corrected chi connectivity index (χ1v) is 6.33. The molecule has 0 saturated carbocycles. The van der Waals surface area contributed by atoms with E-state index in [0.717, 1.165) is 11.1 Å². The van der Waals surface area contributed by atoms with E-state index in [0.29, 0.717) is 6.42 Å². The maximum Gasteiger partial charge on any atom is 0.326 e. The Labute approximate surface area is 117 Å². The van der Waals surface area contributed by atoms with Gasteiger partial charge in [-0.1, -0.05) is 24.3 Å². The number of carbonyl (C=O) groups excluding carboxylic acids is 1. The second-order valence-corrected chi connectivity index (χ2v) is 4.81.